The topological polar surface area (TPSA) is 74.6 Å². The fourth-order valence-corrected chi connectivity index (χ4v) is 2.16. The number of carboxylic acids is 2. The van der Waals surface area contributed by atoms with E-state index in [2.05, 4.69) is 6.92 Å². The third-order valence-corrected chi connectivity index (χ3v) is 3.52. The molecule has 0 radical (unpaired) electrons. The van der Waals surface area contributed by atoms with Gasteiger partial charge in [-0.3, -0.25) is 9.59 Å². The molecular weight excluding hydrogens is 232 g/mol. The molecule has 0 aromatic rings. The van der Waals surface area contributed by atoms with Crippen molar-refractivity contribution in [3.8, 4) is 0 Å². The molecule has 0 aromatic heterocycles. The molecule has 106 valence electrons. The molecule has 0 aliphatic heterocycles. The fourth-order valence-electron chi connectivity index (χ4n) is 2.16. The van der Waals surface area contributed by atoms with Gasteiger partial charge in [0.05, 0.1) is 5.92 Å². The van der Waals surface area contributed by atoms with Crippen LogP contribution in [-0.2, 0) is 9.59 Å². The van der Waals surface area contributed by atoms with Gasteiger partial charge in [0.2, 0.25) is 0 Å². The lowest BCUT2D eigenvalue weighted by Crippen LogP contribution is -2.15. The van der Waals surface area contributed by atoms with E-state index < -0.39 is 11.9 Å². The molecular formula is C14H26O4. The molecule has 0 spiro atoms. The van der Waals surface area contributed by atoms with Gasteiger partial charge in [-0.1, -0.05) is 33.1 Å². The van der Waals surface area contributed by atoms with Crippen molar-refractivity contribution >= 4 is 11.9 Å². The maximum Gasteiger partial charge on any atom is 0.306 e. The van der Waals surface area contributed by atoms with E-state index in [1.807, 2.05) is 6.92 Å². The van der Waals surface area contributed by atoms with Crippen LogP contribution >= 0.6 is 0 Å². The van der Waals surface area contributed by atoms with Crippen molar-refractivity contribution in [1.29, 1.82) is 0 Å². The van der Waals surface area contributed by atoms with Gasteiger partial charge in [-0.05, 0) is 31.6 Å². The van der Waals surface area contributed by atoms with Crippen LogP contribution in [0.25, 0.3) is 0 Å². The Kier molecular flexibility index (Phi) is 9.33. The average molecular weight is 258 g/mol. The second-order valence-electron chi connectivity index (χ2n) is 4.96. The summed E-state index contributed by atoms with van der Waals surface area (Å²) in [6.07, 6.45) is 5.96. The van der Waals surface area contributed by atoms with Crippen LogP contribution in [0.15, 0.2) is 0 Å². The number of rotatable bonds is 11. The molecule has 4 heteroatoms. The van der Waals surface area contributed by atoms with Gasteiger partial charge >= 0.3 is 11.9 Å². The molecule has 0 saturated heterocycles. The molecule has 2 N–H and O–H groups in total. The maximum atomic E-state index is 11.1. The van der Waals surface area contributed by atoms with Crippen molar-refractivity contribution < 1.29 is 19.8 Å². The summed E-state index contributed by atoms with van der Waals surface area (Å²) in [5.74, 6) is -1.40. The first-order chi connectivity index (χ1) is 8.51. The highest BCUT2D eigenvalue weighted by molar-refractivity contribution is 5.69. The first-order valence-electron chi connectivity index (χ1n) is 6.95. The van der Waals surface area contributed by atoms with Gasteiger partial charge < -0.3 is 10.2 Å². The van der Waals surface area contributed by atoms with Crippen molar-refractivity contribution in [2.75, 3.05) is 0 Å². The van der Waals surface area contributed by atoms with Gasteiger partial charge in [0.1, 0.15) is 0 Å². The van der Waals surface area contributed by atoms with E-state index in [0.29, 0.717) is 18.8 Å². The van der Waals surface area contributed by atoms with Crippen LogP contribution in [0, 0.1) is 11.8 Å². The third-order valence-electron chi connectivity index (χ3n) is 3.52. The van der Waals surface area contributed by atoms with Gasteiger partial charge in [0, 0.05) is 6.42 Å². The summed E-state index contributed by atoms with van der Waals surface area (Å²) < 4.78 is 0. The maximum absolute atomic E-state index is 11.1. The normalized spacial score (nSPS) is 14.1. The largest absolute Gasteiger partial charge is 0.481 e. The van der Waals surface area contributed by atoms with Crippen LogP contribution in [0.3, 0.4) is 0 Å². The number of aliphatic carboxylic acids is 2. The van der Waals surface area contributed by atoms with Crippen LogP contribution in [-0.4, -0.2) is 22.2 Å². The summed E-state index contributed by atoms with van der Waals surface area (Å²) in [4.78, 5) is 21.6. The van der Waals surface area contributed by atoms with E-state index in [-0.39, 0.29) is 12.3 Å². The first-order valence-corrected chi connectivity index (χ1v) is 6.95. The van der Waals surface area contributed by atoms with Gasteiger partial charge in [-0.2, -0.15) is 0 Å². The van der Waals surface area contributed by atoms with Gasteiger partial charge in [0.25, 0.3) is 0 Å². The minimum Gasteiger partial charge on any atom is -0.481 e. The van der Waals surface area contributed by atoms with Crippen LogP contribution in [0.4, 0.5) is 0 Å². The molecule has 0 bridgehead atoms. The Morgan fingerprint density at radius 2 is 1.67 bits per heavy atom. The highest BCUT2D eigenvalue weighted by Crippen LogP contribution is 2.23. The molecule has 0 heterocycles. The second kappa shape index (κ2) is 9.92. The molecule has 2 atom stereocenters. The van der Waals surface area contributed by atoms with Crippen LogP contribution in [0.1, 0.15) is 65.2 Å². The smallest absolute Gasteiger partial charge is 0.306 e. The number of hydrogen-bond acceptors (Lipinski definition) is 2. The summed E-state index contributed by atoms with van der Waals surface area (Å²) >= 11 is 0. The van der Waals surface area contributed by atoms with E-state index in [9.17, 15) is 9.59 Å². The van der Waals surface area contributed by atoms with Crippen molar-refractivity contribution in [3.63, 3.8) is 0 Å². The highest BCUT2D eigenvalue weighted by Gasteiger charge is 2.18. The summed E-state index contributed by atoms with van der Waals surface area (Å²) in [6, 6.07) is 0. The first kappa shape index (κ1) is 16.9. The molecule has 2 unspecified atom stereocenters. The predicted molar refractivity (Wildman–Crippen MR) is 70.5 cm³/mol. The van der Waals surface area contributed by atoms with Crippen LogP contribution < -0.4 is 0 Å². The van der Waals surface area contributed by atoms with E-state index in [4.69, 9.17) is 10.2 Å². The predicted octanol–water partition coefficient (Wildman–Crippen LogP) is 3.55. The van der Waals surface area contributed by atoms with Gasteiger partial charge in [-0.15, -0.1) is 0 Å². The molecule has 0 saturated carbocycles. The van der Waals surface area contributed by atoms with Crippen LogP contribution in [0.2, 0.25) is 0 Å². The molecule has 4 nitrogen and oxygen atoms in total. The van der Waals surface area contributed by atoms with E-state index >= 15 is 0 Å². The molecule has 0 aromatic carbocycles. The lowest BCUT2D eigenvalue weighted by Gasteiger charge is -2.17. The zero-order valence-electron chi connectivity index (χ0n) is 11.5. The zero-order chi connectivity index (χ0) is 14.0. The summed E-state index contributed by atoms with van der Waals surface area (Å²) in [6.45, 7) is 4.09. The van der Waals surface area contributed by atoms with Crippen LogP contribution in [0.5, 0.6) is 0 Å². The molecule has 0 amide bonds. The average Bonchev–Trinajstić information content (AvgIpc) is 2.32. The van der Waals surface area contributed by atoms with Gasteiger partial charge in [0.15, 0.2) is 0 Å². The van der Waals surface area contributed by atoms with Crippen molar-refractivity contribution in [2.24, 2.45) is 11.8 Å². The van der Waals surface area contributed by atoms with Gasteiger partial charge in [-0.25, -0.2) is 0 Å². The molecule has 18 heavy (non-hydrogen) atoms. The summed E-state index contributed by atoms with van der Waals surface area (Å²) in [5.41, 5.74) is 0. The zero-order valence-corrected chi connectivity index (χ0v) is 11.5. The van der Waals surface area contributed by atoms with E-state index in [1.54, 1.807) is 0 Å². The number of hydrogen-bond donors (Lipinski definition) is 2. The molecule has 0 fully saturated rings. The fraction of sp³-hybridized carbons (Fsp3) is 0.857. The Balaban J connectivity index is 4.04. The van der Waals surface area contributed by atoms with Crippen molar-refractivity contribution in [2.45, 2.75) is 65.2 Å². The molecule has 0 rings (SSSR count). The van der Waals surface area contributed by atoms with Crippen molar-refractivity contribution in [1.82, 2.24) is 0 Å². The monoisotopic (exact) mass is 258 g/mol. The van der Waals surface area contributed by atoms with E-state index in [0.717, 1.165) is 32.1 Å². The Labute approximate surface area is 109 Å². The molecule has 0 aliphatic carbocycles. The van der Waals surface area contributed by atoms with E-state index in [1.165, 1.54) is 0 Å². The highest BCUT2D eigenvalue weighted by atomic mass is 16.4. The second-order valence-corrected chi connectivity index (χ2v) is 4.96. The lowest BCUT2D eigenvalue weighted by atomic mass is 9.88. The summed E-state index contributed by atoms with van der Waals surface area (Å²) in [7, 11) is 0. The number of carboxylic acid groups (broad SMARTS) is 2. The minimum atomic E-state index is -0.769. The third kappa shape index (κ3) is 8.09. The molecule has 0 aliphatic rings. The Hall–Kier alpha value is -1.06. The minimum absolute atomic E-state index is 0.186. The van der Waals surface area contributed by atoms with Crippen molar-refractivity contribution in [3.05, 3.63) is 0 Å². The Morgan fingerprint density at radius 3 is 2.11 bits per heavy atom. The SMILES string of the molecule is CCCCC(CCC(CC)CCC(=O)O)C(=O)O. The standard InChI is InChI=1S/C14H26O4/c1-3-5-6-12(14(17)18)9-7-11(4-2)8-10-13(15)16/h11-12H,3-10H2,1-2H3,(H,15,16)(H,17,18). The Bertz CT molecular complexity index is 250. The Morgan fingerprint density at radius 1 is 1.00 bits per heavy atom. The number of carbonyl (C=O) groups is 2. The quantitative estimate of drug-likeness (QED) is 0.594. The lowest BCUT2D eigenvalue weighted by molar-refractivity contribution is -0.142. The number of unbranched alkanes of at least 4 members (excludes halogenated alkanes) is 1. The summed E-state index contributed by atoms with van der Waals surface area (Å²) in [5, 5.41) is 17.8.